The van der Waals surface area contributed by atoms with Crippen molar-refractivity contribution in [1.82, 2.24) is 15.2 Å². The minimum Gasteiger partial charge on any atom is -0.376 e. The van der Waals surface area contributed by atoms with Gasteiger partial charge in [0.05, 0.1) is 17.4 Å². The van der Waals surface area contributed by atoms with Gasteiger partial charge in [0, 0.05) is 36.2 Å². The van der Waals surface area contributed by atoms with Crippen LogP contribution >= 0.6 is 0 Å². The molecule has 2 N–H and O–H groups in total. The molecule has 2 saturated heterocycles. The number of rotatable bonds is 6. The van der Waals surface area contributed by atoms with Gasteiger partial charge in [-0.25, -0.2) is 9.69 Å². The second-order valence-corrected chi connectivity index (χ2v) is 11.7. The van der Waals surface area contributed by atoms with Gasteiger partial charge in [-0.05, 0) is 53.6 Å². The van der Waals surface area contributed by atoms with Gasteiger partial charge in [-0.3, -0.25) is 14.5 Å². The normalized spacial score (nSPS) is 21.7. The Kier molecular flexibility index (Phi) is 6.58. The number of imide groups is 1. The highest BCUT2D eigenvalue weighted by Gasteiger charge is 2.53. The van der Waals surface area contributed by atoms with Gasteiger partial charge >= 0.3 is 6.03 Å². The van der Waals surface area contributed by atoms with Crippen LogP contribution in [-0.4, -0.2) is 53.0 Å². The maximum Gasteiger partial charge on any atom is 0.332 e. The molecule has 42 heavy (non-hydrogen) atoms. The van der Waals surface area contributed by atoms with Crippen molar-refractivity contribution in [2.45, 2.75) is 57.2 Å². The Morgan fingerprint density at radius 1 is 1.02 bits per heavy atom. The molecule has 214 valence electrons. The fourth-order valence-corrected chi connectivity index (χ4v) is 6.67. The van der Waals surface area contributed by atoms with Crippen LogP contribution in [0.25, 0.3) is 10.9 Å². The number of urea groups is 1. The van der Waals surface area contributed by atoms with Crippen molar-refractivity contribution in [3.05, 3.63) is 101 Å². The lowest BCUT2D eigenvalue weighted by atomic mass is 9.88. The summed E-state index contributed by atoms with van der Waals surface area (Å²) >= 11 is 0. The summed E-state index contributed by atoms with van der Waals surface area (Å²) in [7, 11) is 0. The van der Waals surface area contributed by atoms with E-state index < -0.39 is 18.1 Å². The highest BCUT2D eigenvalue weighted by atomic mass is 16.5. The Labute approximate surface area is 244 Å². The summed E-state index contributed by atoms with van der Waals surface area (Å²) in [6.45, 7) is 5.39. The van der Waals surface area contributed by atoms with E-state index in [1.807, 2.05) is 18.2 Å². The van der Waals surface area contributed by atoms with Crippen LogP contribution in [0.5, 0.6) is 0 Å². The van der Waals surface area contributed by atoms with Crippen LogP contribution in [0.4, 0.5) is 10.5 Å². The lowest BCUT2D eigenvalue weighted by molar-refractivity contribution is -0.120. The molecule has 3 aromatic carbocycles. The molecule has 2 fully saturated rings. The third-order valence-corrected chi connectivity index (χ3v) is 8.87. The molecule has 1 aromatic heterocycles. The Hall–Kier alpha value is -4.43. The number of amides is 4. The number of fused-ring (bicyclic) bond motifs is 4. The predicted octanol–water partition coefficient (Wildman–Crippen LogP) is 5.68. The molecule has 0 aliphatic carbocycles. The molecule has 0 saturated carbocycles. The largest absolute Gasteiger partial charge is 0.376 e. The summed E-state index contributed by atoms with van der Waals surface area (Å²) in [4.78, 5) is 48.3. The Morgan fingerprint density at radius 2 is 1.79 bits per heavy atom. The number of carbonyl (C=O) groups excluding carboxylic acids is 3. The second kappa shape index (κ2) is 10.4. The summed E-state index contributed by atoms with van der Waals surface area (Å²) in [5, 5.41) is 4.00. The van der Waals surface area contributed by atoms with E-state index in [1.54, 1.807) is 29.2 Å². The summed E-state index contributed by atoms with van der Waals surface area (Å²) in [6.07, 6.45) is 2.26. The quantitative estimate of drug-likeness (QED) is 0.296. The third kappa shape index (κ3) is 4.29. The van der Waals surface area contributed by atoms with E-state index in [1.165, 1.54) is 10.5 Å². The number of carbonyl (C=O) groups is 3. The summed E-state index contributed by atoms with van der Waals surface area (Å²) in [5.41, 5.74) is 5.69. The first kappa shape index (κ1) is 26.5. The van der Waals surface area contributed by atoms with Gasteiger partial charge in [-0.15, -0.1) is 0 Å². The van der Waals surface area contributed by atoms with Gasteiger partial charge in [-0.1, -0.05) is 68.4 Å². The van der Waals surface area contributed by atoms with Crippen molar-refractivity contribution >= 4 is 34.4 Å². The molecule has 3 aliphatic heterocycles. The van der Waals surface area contributed by atoms with E-state index >= 15 is 0 Å². The molecule has 4 heterocycles. The predicted molar refractivity (Wildman–Crippen MR) is 161 cm³/mol. The van der Waals surface area contributed by atoms with Crippen molar-refractivity contribution in [1.29, 1.82) is 0 Å². The Bertz CT molecular complexity index is 1690. The fourth-order valence-electron chi connectivity index (χ4n) is 6.67. The van der Waals surface area contributed by atoms with Crippen molar-refractivity contribution in [3.8, 4) is 0 Å². The average Bonchev–Trinajstić information content (AvgIpc) is 3.72. The number of benzene rings is 3. The van der Waals surface area contributed by atoms with Gasteiger partial charge < -0.3 is 15.0 Å². The van der Waals surface area contributed by atoms with E-state index in [9.17, 15) is 14.4 Å². The number of ether oxygens (including phenoxy) is 1. The SMILES string of the molecule is CC(C)c1ccc([C@@H]2c3[nH]c4ccccc4c3C[C@H]3C(=O)N(c4ccccc4C(=O)NC[C@H]4CCCO4)C(=O)N23)cc1. The number of nitrogens with one attached hydrogen (secondary N) is 2. The van der Waals surface area contributed by atoms with Crippen LogP contribution in [0.3, 0.4) is 0 Å². The molecular weight excluding hydrogens is 528 g/mol. The summed E-state index contributed by atoms with van der Waals surface area (Å²) in [6, 6.07) is 21.6. The smallest absolute Gasteiger partial charge is 0.332 e. The van der Waals surface area contributed by atoms with E-state index in [2.05, 4.69) is 54.5 Å². The number of aromatic amines is 1. The zero-order valence-corrected chi connectivity index (χ0v) is 23.8. The maximum atomic E-state index is 14.3. The first-order valence-corrected chi connectivity index (χ1v) is 14.8. The standard InChI is InChI=1S/C34H34N4O4/c1-20(2)21-13-15-22(16-14-21)31-30-26(24-9-3-5-11-27(24)36-30)18-29-33(40)38(34(41)37(29)31)28-12-6-4-10-25(28)32(39)35-19-23-8-7-17-42-23/h3-6,9-16,20,23,29,31,36H,7-8,17-19H2,1-2H3,(H,35,39)/t23-,29+,31-/m1/s1. The van der Waals surface area contributed by atoms with Gasteiger partial charge in [-0.2, -0.15) is 0 Å². The zero-order valence-electron chi connectivity index (χ0n) is 23.8. The minimum atomic E-state index is -0.693. The molecule has 0 radical (unpaired) electrons. The molecule has 0 spiro atoms. The van der Waals surface area contributed by atoms with Crippen molar-refractivity contribution in [2.24, 2.45) is 0 Å². The average molecular weight is 563 g/mol. The lowest BCUT2D eigenvalue weighted by Gasteiger charge is -2.36. The van der Waals surface area contributed by atoms with Gasteiger partial charge in [0.25, 0.3) is 11.8 Å². The van der Waals surface area contributed by atoms with E-state index in [0.717, 1.165) is 40.6 Å². The summed E-state index contributed by atoms with van der Waals surface area (Å²) in [5.74, 6) is -0.280. The molecule has 4 amide bonds. The van der Waals surface area contributed by atoms with Gasteiger partial charge in [0.15, 0.2) is 0 Å². The molecule has 8 nitrogen and oxygen atoms in total. The van der Waals surface area contributed by atoms with Gasteiger partial charge in [0.2, 0.25) is 0 Å². The lowest BCUT2D eigenvalue weighted by Crippen LogP contribution is -2.44. The Balaban J connectivity index is 1.28. The van der Waals surface area contributed by atoms with E-state index in [4.69, 9.17) is 4.74 Å². The first-order chi connectivity index (χ1) is 20.4. The molecule has 0 bridgehead atoms. The maximum absolute atomic E-state index is 14.3. The molecule has 3 atom stereocenters. The van der Waals surface area contributed by atoms with E-state index in [-0.39, 0.29) is 17.9 Å². The summed E-state index contributed by atoms with van der Waals surface area (Å²) < 4.78 is 5.65. The van der Waals surface area contributed by atoms with Gasteiger partial charge in [0.1, 0.15) is 12.1 Å². The van der Waals surface area contributed by atoms with Crippen molar-refractivity contribution < 1.29 is 19.1 Å². The number of para-hydroxylation sites is 2. The van der Waals surface area contributed by atoms with Crippen molar-refractivity contribution in [3.63, 3.8) is 0 Å². The van der Waals surface area contributed by atoms with Crippen molar-refractivity contribution in [2.75, 3.05) is 18.1 Å². The fraction of sp³-hybridized carbons (Fsp3) is 0.324. The molecule has 0 unspecified atom stereocenters. The molecular formula is C34H34N4O4. The molecule has 3 aliphatic rings. The molecule has 7 rings (SSSR count). The third-order valence-electron chi connectivity index (χ3n) is 8.87. The number of aromatic nitrogens is 1. The number of nitrogens with zero attached hydrogens (tertiary/aromatic N) is 2. The van der Waals surface area contributed by atoms with Crippen LogP contribution < -0.4 is 10.2 Å². The molecule has 8 heteroatoms. The topological polar surface area (TPSA) is 94.7 Å². The van der Waals surface area contributed by atoms with Crippen LogP contribution in [0, 0.1) is 0 Å². The van der Waals surface area contributed by atoms with E-state index in [0.29, 0.717) is 36.7 Å². The number of anilines is 1. The minimum absolute atomic E-state index is 0.0168. The van der Waals surface area contributed by atoms with Crippen LogP contribution in [0.2, 0.25) is 0 Å². The first-order valence-electron chi connectivity index (χ1n) is 14.8. The second-order valence-electron chi connectivity index (χ2n) is 11.7. The van der Waals surface area contributed by atoms with Crippen LogP contribution in [0.15, 0.2) is 72.8 Å². The number of hydrogen-bond donors (Lipinski definition) is 2. The van der Waals surface area contributed by atoms with Crippen LogP contribution in [0.1, 0.15) is 71.4 Å². The van der Waals surface area contributed by atoms with Crippen LogP contribution in [-0.2, 0) is 16.0 Å². The molecule has 4 aromatic rings. The highest BCUT2D eigenvalue weighted by Crippen LogP contribution is 2.45. The monoisotopic (exact) mass is 562 g/mol. The number of hydrogen-bond acceptors (Lipinski definition) is 4. The number of H-pyrrole nitrogens is 1. The zero-order chi connectivity index (χ0) is 29.0. The Morgan fingerprint density at radius 3 is 2.55 bits per heavy atom. The highest BCUT2D eigenvalue weighted by molar-refractivity contribution is 6.24.